The Morgan fingerprint density at radius 3 is 2.95 bits per heavy atom. The Morgan fingerprint density at radius 1 is 1.63 bits per heavy atom. The summed E-state index contributed by atoms with van der Waals surface area (Å²) in [5.74, 6) is 5.73. The molecule has 0 aromatic heterocycles. The van der Waals surface area contributed by atoms with E-state index in [-0.39, 0.29) is 17.9 Å². The van der Waals surface area contributed by atoms with E-state index in [0.29, 0.717) is 17.7 Å². The Morgan fingerprint density at radius 2 is 2.37 bits per heavy atom. The number of methoxy groups -OCH3 is 1. The number of rotatable bonds is 4. The van der Waals surface area contributed by atoms with Crippen LogP contribution in [0.15, 0.2) is 17.2 Å². The first kappa shape index (κ1) is 14.2. The average Bonchev–Trinajstić information content (AvgIpc) is 2.39. The smallest absolute Gasteiger partial charge is 0.297 e. The van der Waals surface area contributed by atoms with Gasteiger partial charge in [0, 0.05) is 17.9 Å². The number of azide groups is 1. The van der Waals surface area contributed by atoms with Crippen molar-refractivity contribution in [1.29, 1.82) is 0 Å². The van der Waals surface area contributed by atoms with Gasteiger partial charge in [0.1, 0.15) is 11.4 Å². The molecule has 0 amide bonds. The Balaban J connectivity index is 3.08. The standard InChI is InChI=1S/C11H11N5O3/c1-19-9-6-8(4-2-3-5-14-15-13)11(12)10(7-9)16(17)18/h6-7H,3,5,12H2,1H3. The van der Waals surface area contributed by atoms with Gasteiger partial charge in [-0.1, -0.05) is 17.0 Å². The van der Waals surface area contributed by atoms with Gasteiger partial charge in [-0.3, -0.25) is 10.1 Å². The summed E-state index contributed by atoms with van der Waals surface area (Å²) in [5.41, 5.74) is 13.8. The van der Waals surface area contributed by atoms with Crippen LogP contribution < -0.4 is 10.5 Å². The zero-order valence-corrected chi connectivity index (χ0v) is 10.2. The molecule has 0 aliphatic rings. The zero-order valence-electron chi connectivity index (χ0n) is 10.2. The van der Waals surface area contributed by atoms with Gasteiger partial charge in [0.25, 0.3) is 5.69 Å². The summed E-state index contributed by atoms with van der Waals surface area (Å²) in [6.45, 7) is 0.232. The number of nitrogen functional groups attached to an aromatic ring is 1. The molecule has 8 nitrogen and oxygen atoms in total. The van der Waals surface area contributed by atoms with Crippen LogP contribution in [0.1, 0.15) is 12.0 Å². The maximum atomic E-state index is 10.8. The predicted molar refractivity (Wildman–Crippen MR) is 69.6 cm³/mol. The second kappa shape index (κ2) is 6.74. The minimum atomic E-state index is -0.594. The number of nitrogens with zero attached hydrogens (tertiary/aromatic N) is 4. The number of nitro groups is 1. The third kappa shape index (κ3) is 3.80. The molecule has 1 aromatic carbocycles. The topological polar surface area (TPSA) is 127 Å². The van der Waals surface area contributed by atoms with E-state index in [2.05, 4.69) is 21.9 Å². The van der Waals surface area contributed by atoms with Gasteiger partial charge in [-0.25, -0.2) is 0 Å². The van der Waals surface area contributed by atoms with Crippen LogP contribution in [0.3, 0.4) is 0 Å². The minimum absolute atomic E-state index is 0.0120. The first-order valence-electron chi connectivity index (χ1n) is 5.21. The first-order valence-corrected chi connectivity index (χ1v) is 5.21. The number of benzene rings is 1. The lowest BCUT2D eigenvalue weighted by Gasteiger charge is -2.04. The highest BCUT2D eigenvalue weighted by Gasteiger charge is 2.16. The molecule has 1 rings (SSSR count). The number of hydrogen-bond acceptors (Lipinski definition) is 5. The van der Waals surface area contributed by atoms with Crippen molar-refractivity contribution in [3.63, 3.8) is 0 Å². The highest BCUT2D eigenvalue weighted by Crippen LogP contribution is 2.30. The number of ether oxygens (including phenoxy) is 1. The largest absolute Gasteiger partial charge is 0.496 e. The van der Waals surface area contributed by atoms with Crippen molar-refractivity contribution in [3.8, 4) is 17.6 Å². The molecule has 0 unspecified atom stereocenters. The van der Waals surface area contributed by atoms with Gasteiger partial charge < -0.3 is 10.5 Å². The lowest BCUT2D eigenvalue weighted by Crippen LogP contribution is -1.99. The molecule has 98 valence electrons. The van der Waals surface area contributed by atoms with Crippen molar-refractivity contribution in [2.45, 2.75) is 6.42 Å². The first-order chi connectivity index (χ1) is 9.10. The SMILES string of the molecule is COc1cc(C#CCCN=[N+]=[N-])c(N)c([N+](=O)[O-])c1. The molecular weight excluding hydrogens is 250 g/mol. The van der Waals surface area contributed by atoms with Gasteiger partial charge in [-0.05, 0) is 11.6 Å². The van der Waals surface area contributed by atoms with E-state index in [9.17, 15) is 10.1 Å². The van der Waals surface area contributed by atoms with E-state index >= 15 is 0 Å². The normalized spacial score (nSPS) is 8.89. The fraction of sp³-hybridized carbons (Fsp3) is 0.273. The molecule has 0 aliphatic carbocycles. The number of anilines is 1. The monoisotopic (exact) mass is 261 g/mol. The number of nitro benzene ring substituents is 1. The Bertz CT molecular complexity index is 596. The summed E-state index contributed by atoms with van der Waals surface area (Å²) in [6, 6.07) is 2.75. The van der Waals surface area contributed by atoms with Crippen molar-refractivity contribution in [2.24, 2.45) is 5.11 Å². The molecule has 2 N–H and O–H groups in total. The van der Waals surface area contributed by atoms with E-state index in [1.54, 1.807) is 0 Å². The molecule has 0 radical (unpaired) electrons. The molecule has 0 bridgehead atoms. The molecule has 0 atom stereocenters. The van der Waals surface area contributed by atoms with Crippen LogP contribution in [0, 0.1) is 22.0 Å². The van der Waals surface area contributed by atoms with Gasteiger partial charge in [0.05, 0.1) is 23.7 Å². The van der Waals surface area contributed by atoms with E-state index in [4.69, 9.17) is 16.0 Å². The van der Waals surface area contributed by atoms with Gasteiger partial charge in [0.2, 0.25) is 0 Å². The zero-order chi connectivity index (χ0) is 14.3. The summed E-state index contributed by atoms with van der Waals surface area (Å²) >= 11 is 0. The molecule has 8 heteroatoms. The summed E-state index contributed by atoms with van der Waals surface area (Å²) in [7, 11) is 1.40. The van der Waals surface area contributed by atoms with Crippen LogP contribution in [0.4, 0.5) is 11.4 Å². The molecular formula is C11H11N5O3. The van der Waals surface area contributed by atoms with Crippen LogP contribution in [0.25, 0.3) is 10.4 Å². The van der Waals surface area contributed by atoms with Crippen LogP contribution in [-0.4, -0.2) is 18.6 Å². The van der Waals surface area contributed by atoms with Gasteiger partial charge in [0.15, 0.2) is 0 Å². The summed E-state index contributed by atoms with van der Waals surface area (Å²) in [5, 5.41) is 14.1. The van der Waals surface area contributed by atoms with Crippen molar-refractivity contribution < 1.29 is 9.66 Å². The summed E-state index contributed by atoms with van der Waals surface area (Å²) < 4.78 is 4.95. The quantitative estimate of drug-likeness (QED) is 0.130. The third-order valence-electron chi connectivity index (χ3n) is 2.19. The van der Waals surface area contributed by atoms with E-state index in [1.165, 1.54) is 19.2 Å². The van der Waals surface area contributed by atoms with Crippen LogP contribution in [-0.2, 0) is 0 Å². The fourth-order valence-corrected chi connectivity index (χ4v) is 1.29. The molecule has 0 fully saturated rings. The molecule has 0 saturated heterocycles. The van der Waals surface area contributed by atoms with E-state index in [1.807, 2.05) is 0 Å². The maximum Gasteiger partial charge on any atom is 0.297 e. The van der Waals surface area contributed by atoms with Gasteiger partial charge in [-0.15, -0.1) is 0 Å². The van der Waals surface area contributed by atoms with Crippen LogP contribution >= 0.6 is 0 Å². The van der Waals surface area contributed by atoms with Crippen molar-refractivity contribution in [2.75, 3.05) is 19.4 Å². The third-order valence-corrected chi connectivity index (χ3v) is 2.19. The fourth-order valence-electron chi connectivity index (χ4n) is 1.29. The van der Waals surface area contributed by atoms with Crippen LogP contribution in [0.2, 0.25) is 0 Å². The lowest BCUT2D eigenvalue weighted by molar-refractivity contribution is -0.384. The molecule has 0 heterocycles. The van der Waals surface area contributed by atoms with Crippen LogP contribution in [0.5, 0.6) is 5.75 Å². The Kier molecular flexibility index (Phi) is 5.02. The van der Waals surface area contributed by atoms with Gasteiger partial charge >= 0.3 is 0 Å². The molecule has 0 spiro atoms. The highest BCUT2D eigenvalue weighted by molar-refractivity contribution is 5.70. The summed E-state index contributed by atoms with van der Waals surface area (Å²) in [6.07, 6.45) is 0.342. The molecule has 19 heavy (non-hydrogen) atoms. The van der Waals surface area contributed by atoms with E-state index < -0.39 is 4.92 Å². The summed E-state index contributed by atoms with van der Waals surface area (Å²) in [4.78, 5) is 12.8. The predicted octanol–water partition coefficient (Wildman–Crippen LogP) is 2.24. The van der Waals surface area contributed by atoms with Gasteiger partial charge in [-0.2, -0.15) is 0 Å². The number of nitrogens with two attached hydrogens (primary N) is 1. The van der Waals surface area contributed by atoms with E-state index in [0.717, 1.165) is 0 Å². The lowest BCUT2D eigenvalue weighted by atomic mass is 10.1. The number of hydrogen-bond donors (Lipinski definition) is 1. The molecule has 0 aliphatic heterocycles. The highest BCUT2D eigenvalue weighted by atomic mass is 16.6. The Labute approximate surface area is 108 Å². The van der Waals surface area contributed by atoms with Crippen molar-refractivity contribution in [3.05, 3.63) is 38.3 Å². The Hall–Kier alpha value is -2.91. The molecule has 0 saturated carbocycles. The maximum absolute atomic E-state index is 10.8. The second-order valence-corrected chi connectivity index (χ2v) is 3.37. The second-order valence-electron chi connectivity index (χ2n) is 3.37. The van der Waals surface area contributed by atoms with Crippen molar-refractivity contribution >= 4 is 11.4 Å². The average molecular weight is 261 g/mol. The van der Waals surface area contributed by atoms with Crippen molar-refractivity contribution in [1.82, 2.24) is 0 Å². The molecule has 1 aromatic rings. The minimum Gasteiger partial charge on any atom is -0.496 e.